The zero-order valence-corrected chi connectivity index (χ0v) is 13.0. The molecule has 0 fully saturated rings. The van der Waals surface area contributed by atoms with Crippen molar-refractivity contribution >= 4 is 17.5 Å². The highest BCUT2D eigenvalue weighted by molar-refractivity contribution is 6.31. The lowest BCUT2D eigenvalue weighted by Crippen LogP contribution is -2.39. The molecule has 3 N–H and O–H groups in total. The minimum Gasteiger partial charge on any atom is -0.508 e. The van der Waals surface area contributed by atoms with Crippen molar-refractivity contribution < 1.29 is 15.0 Å². The maximum Gasteiger partial charge on any atom is 0.224 e. The van der Waals surface area contributed by atoms with E-state index in [0.717, 1.165) is 5.56 Å². The number of carbonyl (C=O) groups excluding carboxylic acids is 1. The van der Waals surface area contributed by atoms with E-state index in [0.29, 0.717) is 10.6 Å². The van der Waals surface area contributed by atoms with E-state index in [1.807, 2.05) is 0 Å². The van der Waals surface area contributed by atoms with Gasteiger partial charge in [-0.3, -0.25) is 4.79 Å². The molecule has 0 bridgehead atoms. The summed E-state index contributed by atoms with van der Waals surface area (Å²) < 4.78 is 0. The number of hydrogen-bond acceptors (Lipinski definition) is 3. The van der Waals surface area contributed by atoms with Crippen LogP contribution in [0.15, 0.2) is 48.5 Å². The van der Waals surface area contributed by atoms with Gasteiger partial charge in [0.05, 0.1) is 13.0 Å². The summed E-state index contributed by atoms with van der Waals surface area (Å²) in [6.45, 7) is 1.67. The van der Waals surface area contributed by atoms with E-state index in [9.17, 15) is 15.0 Å². The van der Waals surface area contributed by atoms with Crippen molar-refractivity contribution in [3.8, 4) is 5.75 Å². The van der Waals surface area contributed by atoms with Gasteiger partial charge < -0.3 is 15.5 Å². The Morgan fingerprint density at radius 3 is 2.45 bits per heavy atom. The lowest BCUT2D eigenvalue weighted by atomic mass is 9.96. The van der Waals surface area contributed by atoms with Crippen molar-refractivity contribution in [3.63, 3.8) is 0 Å². The van der Waals surface area contributed by atoms with Crippen LogP contribution in [0.3, 0.4) is 0 Å². The van der Waals surface area contributed by atoms with Crippen LogP contribution in [0, 0.1) is 0 Å². The van der Waals surface area contributed by atoms with Crippen LogP contribution in [0.2, 0.25) is 5.02 Å². The van der Waals surface area contributed by atoms with Gasteiger partial charge in [-0.1, -0.05) is 41.9 Å². The molecule has 0 saturated carbocycles. The fraction of sp³-hybridized carbons (Fsp3) is 0.235. The van der Waals surface area contributed by atoms with Crippen LogP contribution in [-0.4, -0.2) is 22.7 Å². The molecule has 1 amide bonds. The highest BCUT2D eigenvalue weighted by atomic mass is 35.5. The standard InChI is InChI=1S/C17H18ClNO3/c1-17(22,14-4-2-3-5-15(14)18)11-19-16(21)10-12-6-8-13(20)9-7-12/h2-9,20,22H,10-11H2,1H3,(H,19,21)/t17-/m1/s1. The number of hydrogen-bond donors (Lipinski definition) is 3. The summed E-state index contributed by atoms with van der Waals surface area (Å²) >= 11 is 6.07. The number of nitrogens with one attached hydrogen (secondary N) is 1. The molecule has 0 heterocycles. The first-order valence-electron chi connectivity index (χ1n) is 6.90. The molecule has 0 aliphatic carbocycles. The number of phenolic OH excluding ortho intramolecular Hbond substituents is 1. The average Bonchev–Trinajstić information content (AvgIpc) is 2.48. The molecule has 0 unspecified atom stereocenters. The van der Waals surface area contributed by atoms with Crippen LogP contribution in [0.25, 0.3) is 0 Å². The fourth-order valence-electron chi connectivity index (χ4n) is 2.13. The molecule has 0 radical (unpaired) electrons. The van der Waals surface area contributed by atoms with E-state index < -0.39 is 5.60 Å². The quantitative estimate of drug-likeness (QED) is 0.793. The maximum atomic E-state index is 11.9. The van der Waals surface area contributed by atoms with Gasteiger partial charge in [0.1, 0.15) is 11.4 Å². The molecular weight excluding hydrogens is 302 g/mol. The highest BCUT2D eigenvalue weighted by Gasteiger charge is 2.26. The molecular formula is C17H18ClNO3. The molecule has 0 aromatic heterocycles. The first-order chi connectivity index (χ1) is 10.4. The molecule has 22 heavy (non-hydrogen) atoms. The molecule has 2 aromatic rings. The minimum atomic E-state index is -1.25. The van der Waals surface area contributed by atoms with Gasteiger partial charge in [0.25, 0.3) is 0 Å². The number of halogens is 1. The molecule has 116 valence electrons. The molecule has 2 aromatic carbocycles. The van der Waals surface area contributed by atoms with Gasteiger partial charge in [0.2, 0.25) is 5.91 Å². The van der Waals surface area contributed by atoms with Crippen LogP contribution >= 0.6 is 11.6 Å². The normalized spacial score (nSPS) is 13.4. The molecule has 5 heteroatoms. The second-order valence-corrected chi connectivity index (χ2v) is 5.78. The van der Waals surface area contributed by atoms with Gasteiger partial charge >= 0.3 is 0 Å². The Labute approximate surface area is 134 Å². The Hall–Kier alpha value is -2.04. The number of aliphatic hydroxyl groups is 1. The van der Waals surface area contributed by atoms with Crippen molar-refractivity contribution in [2.75, 3.05) is 6.54 Å². The third-order valence-corrected chi connectivity index (χ3v) is 3.71. The summed E-state index contributed by atoms with van der Waals surface area (Å²) in [4.78, 5) is 11.9. The van der Waals surface area contributed by atoms with Crippen LogP contribution in [-0.2, 0) is 16.8 Å². The molecule has 1 atom stereocenters. The average molecular weight is 320 g/mol. The second kappa shape index (κ2) is 6.81. The van der Waals surface area contributed by atoms with Crippen LogP contribution in [0.4, 0.5) is 0 Å². The summed E-state index contributed by atoms with van der Waals surface area (Å²) in [5, 5.41) is 22.9. The summed E-state index contributed by atoms with van der Waals surface area (Å²) in [6.07, 6.45) is 0.179. The van der Waals surface area contributed by atoms with Gasteiger partial charge in [0.15, 0.2) is 0 Å². The first-order valence-corrected chi connectivity index (χ1v) is 7.28. The van der Waals surface area contributed by atoms with Crippen LogP contribution in [0.5, 0.6) is 5.75 Å². The Bertz CT molecular complexity index is 653. The zero-order valence-electron chi connectivity index (χ0n) is 12.2. The molecule has 0 aliphatic heterocycles. The maximum absolute atomic E-state index is 11.9. The third-order valence-electron chi connectivity index (χ3n) is 3.38. The molecule has 0 saturated heterocycles. The number of amides is 1. The second-order valence-electron chi connectivity index (χ2n) is 5.37. The van der Waals surface area contributed by atoms with Gasteiger partial charge in [0, 0.05) is 10.6 Å². The third kappa shape index (κ3) is 4.23. The van der Waals surface area contributed by atoms with E-state index >= 15 is 0 Å². The topological polar surface area (TPSA) is 69.6 Å². The number of carbonyl (C=O) groups is 1. The largest absolute Gasteiger partial charge is 0.508 e. The van der Waals surface area contributed by atoms with Crippen molar-refractivity contribution in [1.82, 2.24) is 5.32 Å². The van der Waals surface area contributed by atoms with Crippen molar-refractivity contribution in [1.29, 1.82) is 0 Å². The van der Waals surface area contributed by atoms with E-state index in [4.69, 9.17) is 11.6 Å². The Morgan fingerprint density at radius 2 is 1.82 bits per heavy atom. The summed E-state index contributed by atoms with van der Waals surface area (Å²) in [6, 6.07) is 13.4. The first kappa shape index (κ1) is 16.3. The van der Waals surface area contributed by atoms with Gasteiger partial charge in [-0.15, -0.1) is 0 Å². The van der Waals surface area contributed by atoms with Crippen LogP contribution < -0.4 is 5.32 Å². The summed E-state index contributed by atoms with van der Waals surface area (Å²) in [5.74, 6) is -0.0520. The number of benzene rings is 2. The summed E-state index contributed by atoms with van der Waals surface area (Å²) in [5.41, 5.74) is 0.109. The van der Waals surface area contributed by atoms with Crippen molar-refractivity contribution in [2.24, 2.45) is 0 Å². The monoisotopic (exact) mass is 319 g/mol. The van der Waals surface area contributed by atoms with Gasteiger partial charge in [-0.25, -0.2) is 0 Å². The highest BCUT2D eigenvalue weighted by Crippen LogP contribution is 2.27. The van der Waals surface area contributed by atoms with Gasteiger partial charge in [-0.05, 0) is 30.7 Å². The lowest BCUT2D eigenvalue weighted by molar-refractivity contribution is -0.121. The summed E-state index contributed by atoms with van der Waals surface area (Å²) in [7, 11) is 0. The molecule has 0 aliphatic rings. The number of aromatic hydroxyl groups is 1. The van der Waals surface area contributed by atoms with Crippen LogP contribution in [0.1, 0.15) is 18.1 Å². The SMILES string of the molecule is C[C@@](O)(CNC(=O)Cc1ccc(O)cc1)c1ccccc1Cl. The predicted octanol–water partition coefficient (Wildman–Crippen LogP) is 2.61. The predicted molar refractivity (Wildman–Crippen MR) is 85.8 cm³/mol. The lowest BCUT2D eigenvalue weighted by Gasteiger charge is -2.25. The molecule has 2 rings (SSSR count). The van der Waals surface area contributed by atoms with E-state index in [-0.39, 0.29) is 24.6 Å². The minimum absolute atomic E-state index is 0.0631. The zero-order chi connectivity index (χ0) is 16.2. The molecule has 4 nitrogen and oxygen atoms in total. The fourth-order valence-corrected chi connectivity index (χ4v) is 2.46. The Kier molecular flexibility index (Phi) is 5.06. The Morgan fingerprint density at radius 1 is 1.18 bits per heavy atom. The van der Waals surface area contributed by atoms with Crippen molar-refractivity contribution in [2.45, 2.75) is 18.9 Å². The van der Waals surface area contributed by atoms with E-state index in [2.05, 4.69) is 5.32 Å². The van der Waals surface area contributed by atoms with Gasteiger partial charge in [-0.2, -0.15) is 0 Å². The smallest absolute Gasteiger partial charge is 0.224 e. The number of phenols is 1. The van der Waals surface area contributed by atoms with E-state index in [1.54, 1.807) is 43.3 Å². The molecule has 0 spiro atoms. The Balaban J connectivity index is 1.95. The van der Waals surface area contributed by atoms with Crippen molar-refractivity contribution in [3.05, 3.63) is 64.7 Å². The number of rotatable bonds is 5. The van der Waals surface area contributed by atoms with E-state index in [1.165, 1.54) is 12.1 Å².